The molecule has 0 bridgehead atoms. The van der Waals surface area contributed by atoms with Crippen LogP contribution in [0.15, 0.2) is 33.9 Å². The fraction of sp³-hybridized carbons (Fsp3) is 0.312. The number of H-pyrrole nitrogens is 1. The van der Waals surface area contributed by atoms with Crippen LogP contribution < -0.4 is 20.8 Å². The van der Waals surface area contributed by atoms with E-state index in [1.807, 2.05) is 43.3 Å². The zero-order valence-corrected chi connectivity index (χ0v) is 14.2. The largest absolute Gasteiger partial charge is 0.416 e. The number of rotatable bonds is 4. The minimum Gasteiger partial charge on any atom is -0.392 e. The maximum Gasteiger partial charge on any atom is 0.416 e. The number of fused-ring (bicyclic) bond motifs is 1. The average Bonchev–Trinajstić information content (AvgIpc) is 2.60. The van der Waals surface area contributed by atoms with Gasteiger partial charge < -0.3 is 10.0 Å². The van der Waals surface area contributed by atoms with Crippen molar-refractivity contribution < 1.29 is 9.79 Å². The van der Waals surface area contributed by atoms with Gasteiger partial charge in [-0.05, 0) is 24.3 Å². The molecule has 1 aromatic carbocycles. The molecule has 2 aromatic heterocycles. The molecule has 2 N–H and O–H groups in total. The smallest absolute Gasteiger partial charge is 0.392 e. The zero-order chi connectivity index (χ0) is 18.1. The van der Waals surface area contributed by atoms with E-state index in [4.69, 9.17) is 0 Å². The minimum atomic E-state index is -0.559. The molecule has 2 heterocycles. The molecule has 0 aliphatic heterocycles. The van der Waals surface area contributed by atoms with Gasteiger partial charge in [-0.1, -0.05) is 5.10 Å². The maximum absolute atomic E-state index is 12.4. The number of aromatic nitrogens is 5. The van der Waals surface area contributed by atoms with Gasteiger partial charge >= 0.3 is 11.3 Å². The standard InChI is InChI=1S/C16H18N6O3/c1-20(2)11-6-4-10(5-7-11)13-17-12-14(22(19-13)8-9-23)18-16(25)21(3)15(12)24/h4-7,23H,8-9H2,1-3H3/p+1. The minimum absolute atomic E-state index is 0.0947. The number of aromatic amines is 1. The summed E-state index contributed by atoms with van der Waals surface area (Å²) in [6, 6.07) is 7.56. The number of benzene rings is 1. The Kier molecular flexibility index (Phi) is 4.32. The van der Waals surface area contributed by atoms with Gasteiger partial charge in [0.05, 0.1) is 6.61 Å². The second-order valence-electron chi connectivity index (χ2n) is 5.81. The van der Waals surface area contributed by atoms with Crippen molar-refractivity contribution in [3.63, 3.8) is 0 Å². The fourth-order valence-corrected chi connectivity index (χ4v) is 2.46. The average molecular weight is 343 g/mol. The summed E-state index contributed by atoms with van der Waals surface area (Å²) in [7, 11) is 5.26. The lowest BCUT2D eigenvalue weighted by Crippen LogP contribution is -2.46. The molecule has 0 amide bonds. The summed E-state index contributed by atoms with van der Waals surface area (Å²) >= 11 is 0. The first-order valence-electron chi connectivity index (χ1n) is 7.72. The Morgan fingerprint density at radius 2 is 1.92 bits per heavy atom. The number of hydrogen-bond acceptors (Lipinski definition) is 6. The molecule has 9 nitrogen and oxygen atoms in total. The van der Waals surface area contributed by atoms with Crippen molar-refractivity contribution in [2.24, 2.45) is 7.05 Å². The Morgan fingerprint density at radius 1 is 1.24 bits per heavy atom. The molecule has 0 aliphatic rings. The van der Waals surface area contributed by atoms with Crippen molar-refractivity contribution in [3.05, 3.63) is 45.1 Å². The van der Waals surface area contributed by atoms with Gasteiger partial charge in [-0.2, -0.15) is 4.98 Å². The monoisotopic (exact) mass is 343 g/mol. The van der Waals surface area contributed by atoms with E-state index >= 15 is 0 Å². The summed E-state index contributed by atoms with van der Waals surface area (Å²) in [5, 5.41) is 13.6. The maximum atomic E-state index is 12.4. The predicted molar refractivity (Wildman–Crippen MR) is 92.4 cm³/mol. The van der Waals surface area contributed by atoms with E-state index < -0.39 is 11.2 Å². The van der Waals surface area contributed by atoms with Crippen LogP contribution in [0.25, 0.3) is 22.6 Å². The Bertz CT molecular complexity index is 1040. The first-order valence-corrected chi connectivity index (χ1v) is 7.72. The molecule has 3 rings (SSSR count). The Hall–Kier alpha value is -3.07. The molecule has 3 aromatic rings. The van der Waals surface area contributed by atoms with Crippen LogP contribution in [0.2, 0.25) is 0 Å². The molecule has 0 aliphatic carbocycles. The van der Waals surface area contributed by atoms with Crippen molar-refractivity contribution in [2.75, 3.05) is 25.6 Å². The highest BCUT2D eigenvalue weighted by molar-refractivity contribution is 5.68. The molecular formula is C16H19N6O3+. The molecular weight excluding hydrogens is 324 g/mol. The van der Waals surface area contributed by atoms with Crippen LogP contribution >= 0.6 is 0 Å². The van der Waals surface area contributed by atoms with Gasteiger partial charge in [0.2, 0.25) is 11.3 Å². The molecule has 0 radical (unpaired) electrons. The molecule has 130 valence electrons. The lowest BCUT2D eigenvalue weighted by molar-refractivity contribution is -0.731. The van der Waals surface area contributed by atoms with Crippen molar-refractivity contribution in [2.45, 2.75) is 6.54 Å². The number of nitrogens with zero attached hydrogens (tertiary/aromatic N) is 5. The van der Waals surface area contributed by atoms with Crippen LogP contribution in [0.3, 0.4) is 0 Å². The van der Waals surface area contributed by atoms with Gasteiger partial charge in [-0.3, -0.25) is 4.79 Å². The highest BCUT2D eigenvalue weighted by atomic mass is 16.3. The van der Waals surface area contributed by atoms with Crippen LogP contribution in [0.1, 0.15) is 0 Å². The Balaban J connectivity index is 2.26. The van der Waals surface area contributed by atoms with Crippen LogP contribution in [0.5, 0.6) is 0 Å². The molecule has 9 heteroatoms. The lowest BCUT2D eigenvalue weighted by atomic mass is 10.2. The highest BCUT2D eigenvalue weighted by Gasteiger charge is 2.20. The lowest BCUT2D eigenvalue weighted by Gasteiger charge is -2.12. The normalized spacial score (nSPS) is 11.0. The van der Waals surface area contributed by atoms with E-state index in [9.17, 15) is 14.7 Å². The predicted octanol–water partition coefficient (Wildman–Crippen LogP) is -0.970. The molecule has 0 unspecified atom stereocenters. The van der Waals surface area contributed by atoms with Gasteiger partial charge in [0.15, 0.2) is 0 Å². The van der Waals surface area contributed by atoms with Gasteiger partial charge in [-0.25, -0.2) is 14.3 Å². The summed E-state index contributed by atoms with van der Waals surface area (Å²) in [6.45, 7) is -0.0576. The van der Waals surface area contributed by atoms with Crippen molar-refractivity contribution >= 4 is 16.9 Å². The third-order valence-electron chi connectivity index (χ3n) is 3.91. The Morgan fingerprint density at radius 3 is 2.52 bits per heavy atom. The van der Waals surface area contributed by atoms with E-state index in [-0.39, 0.29) is 24.3 Å². The summed E-state index contributed by atoms with van der Waals surface area (Å²) in [4.78, 5) is 33.1. The number of anilines is 1. The third kappa shape index (κ3) is 3.01. The fourth-order valence-electron chi connectivity index (χ4n) is 2.46. The third-order valence-corrected chi connectivity index (χ3v) is 3.91. The Labute approximate surface area is 142 Å². The van der Waals surface area contributed by atoms with Crippen molar-refractivity contribution in [1.82, 2.24) is 19.6 Å². The van der Waals surface area contributed by atoms with Gasteiger partial charge in [0, 0.05) is 32.4 Å². The zero-order valence-electron chi connectivity index (χ0n) is 14.2. The summed E-state index contributed by atoms with van der Waals surface area (Å²) in [5.74, 6) is 0.343. The molecule has 0 fully saturated rings. The van der Waals surface area contributed by atoms with Crippen LogP contribution in [0, 0.1) is 0 Å². The molecule has 25 heavy (non-hydrogen) atoms. The topological polar surface area (TPSA) is 108 Å². The molecule has 0 saturated carbocycles. The summed E-state index contributed by atoms with van der Waals surface area (Å²) in [6.07, 6.45) is 0. The summed E-state index contributed by atoms with van der Waals surface area (Å²) < 4.78 is 2.35. The van der Waals surface area contributed by atoms with E-state index in [0.29, 0.717) is 5.82 Å². The molecule has 0 saturated heterocycles. The first kappa shape index (κ1) is 16.8. The molecule has 0 spiro atoms. The summed E-state index contributed by atoms with van der Waals surface area (Å²) in [5.41, 5.74) is 0.961. The number of aliphatic hydroxyl groups is 1. The van der Waals surface area contributed by atoms with Crippen LogP contribution in [-0.4, -0.2) is 45.4 Å². The van der Waals surface area contributed by atoms with Crippen molar-refractivity contribution in [3.8, 4) is 11.4 Å². The second-order valence-corrected chi connectivity index (χ2v) is 5.81. The van der Waals surface area contributed by atoms with Crippen LogP contribution in [-0.2, 0) is 13.6 Å². The van der Waals surface area contributed by atoms with Gasteiger partial charge in [0.1, 0.15) is 6.54 Å². The van der Waals surface area contributed by atoms with E-state index in [1.165, 1.54) is 11.7 Å². The van der Waals surface area contributed by atoms with E-state index in [2.05, 4.69) is 15.1 Å². The number of hydrogen-bond donors (Lipinski definition) is 2. The molecule has 0 atom stereocenters. The van der Waals surface area contributed by atoms with Crippen LogP contribution in [0.4, 0.5) is 5.69 Å². The SMILES string of the molecule is CN(C)c1ccc(-c2nc3c(=O)n(C)c(=O)[nH]c3[n+](CCO)n2)cc1. The van der Waals surface area contributed by atoms with E-state index in [0.717, 1.165) is 15.8 Å². The second kappa shape index (κ2) is 6.44. The van der Waals surface area contributed by atoms with Gasteiger partial charge in [-0.15, -0.1) is 4.68 Å². The number of nitrogens with one attached hydrogen (secondary N) is 1. The number of aliphatic hydroxyl groups excluding tert-OH is 1. The van der Waals surface area contributed by atoms with Crippen molar-refractivity contribution in [1.29, 1.82) is 0 Å². The highest BCUT2D eigenvalue weighted by Crippen LogP contribution is 2.19. The van der Waals surface area contributed by atoms with Gasteiger partial charge in [0.25, 0.3) is 5.56 Å². The first-order chi connectivity index (χ1) is 11.9. The quantitative estimate of drug-likeness (QED) is 0.590. The van der Waals surface area contributed by atoms with E-state index in [1.54, 1.807) is 0 Å².